The number of carbonyl (C=O) groups excluding carboxylic acids is 1. The molecule has 0 aliphatic heterocycles. The molecule has 6 heteroatoms. The molecule has 2 aromatic rings. The number of aromatic nitrogens is 1. The quantitative estimate of drug-likeness (QED) is 0.899. The lowest BCUT2D eigenvalue weighted by Gasteiger charge is -1.98. The highest BCUT2D eigenvalue weighted by Crippen LogP contribution is 2.10. The average molecular weight is 243 g/mol. The fourth-order valence-electron chi connectivity index (χ4n) is 1.03. The summed E-state index contributed by atoms with van der Waals surface area (Å²) in [6, 6.07) is 5.15. The van der Waals surface area contributed by atoms with Crippen LogP contribution in [0.5, 0.6) is 0 Å². The summed E-state index contributed by atoms with van der Waals surface area (Å²) in [6.45, 7) is 0.288. The second-order valence-electron chi connectivity index (χ2n) is 2.78. The molecule has 2 heterocycles. The molecule has 15 heavy (non-hydrogen) atoms. The molecule has 2 rings (SSSR count). The van der Waals surface area contributed by atoms with Crippen molar-refractivity contribution in [1.82, 2.24) is 10.5 Å². The minimum absolute atomic E-state index is 0.127. The van der Waals surface area contributed by atoms with Crippen LogP contribution < -0.4 is 5.32 Å². The molecule has 0 saturated heterocycles. The zero-order valence-electron chi connectivity index (χ0n) is 7.57. The van der Waals surface area contributed by atoms with E-state index in [2.05, 4.69) is 10.5 Å². The average Bonchev–Trinajstić information content (AvgIpc) is 2.84. The van der Waals surface area contributed by atoms with E-state index >= 15 is 0 Å². The number of hydrogen-bond donors (Lipinski definition) is 1. The molecule has 0 aliphatic rings. The van der Waals surface area contributed by atoms with Gasteiger partial charge in [-0.15, -0.1) is 11.3 Å². The number of halogens is 1. The SMILES string of the molecule is O=C(NCc1cc(Cl)no1)c1cccs1. The van der Waals surface area contributed by atoms with E-state index in [1.165, 1.54) is 11.3 Å². The Morgan fingerprint density at radius 3 is 3.13 bits per heavy atom. The van der Waals surface area contributed by atoms with Gasteiger partial charge in [-0.2, -0.15) is 0 Å². The Balaban J connectivity index is 1.91. The zero-order valence-corrected chi connectivity index (χ0v) is 9.14. The molecular weight excluding hydrogens is 236 g/mol. The van der Waals surface area contributed by atoms with E-state index in [1.807, 2.05) is 11.4 Å². The Labute approximate surface area is 94.8 Å². The molecule has 0 fully saturated rings. The molecule has 0 bridgehead atoms. The van der Waals surface area contributed by atoms with Crippen molar-refractivity contribution in [3.63, 3.8) is 0 Å². The topological polar surface area (TPSA) is 55.1 Å². The fourth-order valence-corrected chi connectivity index (χ4v) is 1.83. The Morgan fingerprint density at radius 2 is 2.53 bits per heavy atom. The number of amides is 1. The molecule has 1 N–H and O–H groups in total. The van der Waals surface area contributed by atoms with Gasteiger partial charge in [-0.05, 0) is 11.4 Å². The molecule has 0 atom stereocenters. The molecule has 2 aromatic heterocycles. The molecular formula is C9H7ClN2O2S. The van der Waals surface area contributed by atoms with Crippen LogP contribution in [0, 0.1) is 0 Å². The third-order valence-corrected chi connectivity index (χ3v) is 2.75. The lowest BCUT2D eigenvalue weighted by atomic mass is 10.4. The Kier molecular flexibility index (Phi) is 3.03. The van der Waals surface area contributed by atoms with Crippen molar-refractivity contribution in [2.45, 2.75) is 6.54 Å². The molecule has 4 nitrogen and oxygen atoms in total. The van der Waals surface area contributed by atoms with Crippen molar-refractivity contribution in [3.8, 4) is 0 Å². The number of hydrogen-bond acceptors (Lipinski definition) is 4. The second kappa shape index (κ2) is 4.46. The summed E-state index contributed by atoms with van der Waals surface area (Å²) in [4.78, 5) is 12.2. The summed E-state index contributed by atoms with van der Waals surface area (Å²) < 4.78 is 4.84. The first-order valence-electron chi connectivity index (χ1n) is 4.18. The molecule has 0 unspecified atom stereocenters. The van der Waals surface area contributed by atoms with Crippen molar-refractivity contribution < 1.29 is 9.32 Å². The summed E-state index contributed by atoms with van der Waals surface area (Å²) in [7, 11) is 0. The minimum atomic E-state index is -0.127. The van der Waals surface area contributed by atoms with E-state index < -0.39 is 0 Å². The summed E-state index contributed by atoms with van der Waals surface area (Å²) in [5.74, 6) is 0.405. The van der Waals surface area contributed by atoms with Gasteiger partial charge in [-0.3, -0.25) is 4.79 Å². The molecule has 0 aliphatic carbocycles. The lowest BCUT2D eigenvalue weighted by Crippen LogP contribution is -2.21. The number of thiophene rings is 1. The molecule has 0 saturated carbocycles. The molecule has 0 aromatic carbocycles. The Bertz CT molecular complexity index is 452. The lowest BCUT2D eigenvalue weighted by molar-refractivity contribution is 0.0951. The van der Waals surface area contributed by atoms with Crippen LogP contribution >= 0.6 is 22.9 Å². The van der Waals surface area contributed by atoms with Crippen LogP contribution in [-0.2, 0) is 6.54 Å². The second-order valence-corrected chi connectivity index (χ2v) is 4.11. The monoisotopic (exact) mass is 242 g/mol. The third kappa shape index (κ3) is 2.57. The Hall–Kier alpha value is -1.33. The van der Waals surface area contributed by atoms with Gasteiger partial charge in [0.15, 0.2) is 10.9 Å². The first kappa shape index (κ1) is 10.2. The van der Waals surface area contributed by atoms with Gasteiger partial charge in [0.05, 0.1) is 11.4 Å². The standard InChI is InChI=1S/C9H7ClN2O2S/c10-8-4-6(14-12-8)5-11-9(13)7-2-1-3-15-7/h1-4H,5H2,(H,11,13). The zero-order chi connectivity index (χ0) is 10.7. The van der Waals surface area contributed by atoms with E-state index in [0.717, 1.165) is 0 Å². The summed E-state index contributed by atoms with van der Waals surface area (Å²) in [5.41, 5.74) is 0. The third-order valence-electron chi connectivity index (χ3n) is 1.70. The molecule has 0 spiro atoms. The van der Waals surface area contributed by atoms with E-state index in [0.29, 0.717) is 10.6 Å². The summed E-state index contributed by atoms with van der Waals surface area (Å²) >= 11 is 6.95. The van der Waals surface area contributed by atoms with Crippen molar-refractivity contribution in [2.24, 2.45) is 0 Å². The normalized spacial score (nSPS) is 10.2. The minimum Gasteiger partial charge on any atom is -0.358 e. The van der Waals surface area contributed by atoms with Crippen molar-refractivity contribution in [1.29, 1.82) is 0 Å². The van der Waals surface area contributed by atoms with Crippen molar-refractivity contribution >= 4 is 28.8 Å². The van der Waals surface area contributed by atoms with Gasteiger partial charge in [0, 0.05) is 6.07 Å². The van der Waals surface area contributed by atoms with Crippen LogP contribution in [0.15, 0.2) is 28.1 Å². The van der Waals surface area contributed by atoms with Gasteiger partial charge in [-0.25, -0.2) is 0 Å². The molecule has 1 amide bonds. The van der Waals surface area contributed by atoms with Crippen LogP contribution in [0.1, 0.15) is 15.4 Å². The largest absolute Gasteiger partial charge is 0.358 e. The van der Waals surface area contributed by atoms with Gasteiger partial charge >= 0.3 is 0 Å². The highest BCUT2D eigenvalue weighted by Gasteiger charge is 2.07. The first-order valence-corrected chi connectivity index (χ1v) is 5.44. The van der Waals surface area contributed by atoms with Crippen LogP contribution in [0.4, 0.5) is 0 Å². The predicted molar refractivity (Wildman–Crippen MR) is 57.0 cm³/mol. The van der Waals surface area contributed by atoms with Crippen molar-refractivity contribution in [2.75, 3.05) is 0 Å². The number of nitrogens with zero attached hydrogens (tertiary/aromatic N) is 1. The van der Waals surface area contributed by atoms with Crippen LogP contribution in [0.3, 0.4) is 0 Å². The number of nitrogens with one attached hydrogen (secondary N) is 1. The van der Waals surface area contributed by atoms with Gasteiger partial charge in [-0.1, -0.05) is 22.8 Å². The van der Waals surface area contributed by atoms with Gasteiger partial charge < -0.3 is 9.84 Å². The number of rotatable bonds is 3. The summed E-state index contributed by atoms with van der Waals surface area (Å²) in [6.07, 6.45) is 0. The fraction of sp³-hybridized carbons (Fsp3) is 0.111. The van der Waals surface area contributed by atoms with Gasteiger partial charge in [0.25, 0.3) is 5.91 Å². The smallest absolute Gasteiger partial charge is 0.261 e. The predicted octanol–water partition coefficient (Wildman–Crippen LogP) is 2.32. The summed E-state index contributed by atoms with van der Waals surface area (Å²) in [5, 5.41) is 8.33. The van der Waals surface area contributed by atoms with Crippen LogP contribution in [-0.4, -0.2) is 11.1 Å². The Morgan fingerprint density at radius 1 is 1.67 bits per heavy atom. The maximum Gasteiger partial charge on any atom is 0.261 e. The van der Waals surface area contributed by atoms with Crippen LogP contribution in [0.2, 0.25) is 5.15 Å². The maximum atomic E-state index is 11.5. The number of carbonyl (C=O) groups is 1. The first-order chi connectivity index (χ1) is 7.25. The van der Waals surface area contributed by atoms with Crippen molar-refractivity contribution in [3.05, 3.63) is 39.4 Å². The van der Waals surface area contributed by atoms with E-state index in [-0.39, 0.29) is 17.6 Å². The van der Waals surface area contributed by atoms with E-state index in [1.54, 1.807) is 12.1 Å². The molecule has 78 valence electrons. The highest BCUT2D eigenvalue weighted by molar-refractivity contribution is 7.12. The van der Waals surface area contributed by atoms with Crippen LogP contribution in [0.25, 0.3) is 0 Å². The molecule has 0 radical (unpaired) electrons. The highest BCUT2D eigenvalue weighted by atomic mass is 35.5. The van der Waals surface area contributed by atoms with E-state index in [9.17, 15) is 4.79 Å². The maximum absolute atomic E-state index is 11.5. The van der Waals surface area contributed by atoms with Gasteiger partial charge in [0.1, 0.15) is 0 Å². The van der Waals surface area contributed by atoms with E-state index in [4.69, 9.17) is 16.1 Å². The van der Waals surface area contributed by atoms with Gasteiger partial charge in [0.2, 0.25) is 0 Å².